The van der Waals surface area contributed by atoms with E-state index in [9.17, 15) is 4.79 Å². The second-order valence-corrected chi connectivity index (χ2v) is 4.51. The smallest absolute Gasteiger partial charge is 0.364 e. The number of morpholine rings is 1. The van der Waals surface area contributed by atoms with Gasteiger partial charge in [0.15, 0.2) is 5.65 Å². The van der Waals surface area contributed by atoms with Crippen molar-refractivity contribution in [2.45, 2.75) is 19.1 Å². The summed E-state index contributed by atoms with van der Waals surface area (Å²) < 4.78 is 12.4. The molecule has 0 spiro atoms. The second-order valence-electron chi connectivity index (χ2n) is 4.51. The molecule has 102 valence electrons. The highest BCUT2D eigenvalue weighted by molar-refractivity contribution is 5.35. The van der Waals surface area contributed by atoms with Crippen LogP contribution in [0.1, 0.15) is 6.92 Å². The zero-order valence-electron chi connectivity index (χ0n) is 10.5. The summed E-state index contributed by atoms with van der Waals surface area (Å²) in [7, 11) is 0. The van der Waals surface area contributed by atoms with Gasteiger partial charge in [-0.1, -0.05) is 0 Å². The molecule has 0 radical (unpaired) electrons. The molecule has 2 aromatic heterocycles. The van der Waals surface area contributed by atoms with Crippen molar-refractivity contribution in [3.8, 4) is 5.88 Å². The van der Waals surface area contributed by atoms with Crippen LogP contribution in [0, 0.1) is 0 Å². The van der Waals surface area contributed by atoms with E-state index in [1.807, 2.05) is 6.92 Å². The highest BCUT2D eigenvalue weighted by Crippen LogP contribution is 2.09. The van der Waals surface area contributed by atoms with Gasteiger partial charge in [-0.05, 0) is 13.0 Å². The molecule has 1 saturated heterocycles. The predicted octanol–water partition coefficient (Wildman–Crippen LogP) is -0.827. The number of hydrogen-bond donors (Lipinski definition) is 2. The molecule has 0 aromatic carbocycles. The normalized spacial score (nSPS) is 23.6. The van der Waals surface area contributed by atoms with E-state index < -0.39 is 0 Å². The number of aromatic nitrogens is 4. The third-order valence-corrected chi connectivity index (χ3v) is 2.89. The molecule has 1 aliphatic rings. The Labute approximate surface area is 108 Å². The number of ether oxygens (including phenoxy) is 2. The summed E-state index contributed by atoms with van der Waals surface area (Å²) in [5.74, 6) is 0.373. The number of hydrogen-bond acceptors (Lipinski definition) is 6. The van der Waals surface area contributed by atoms with Gasteiger partial charge < -0.3 is 14.8 Å². The quantitative estimate of drug-likeness (QED) is 0.752. The fraction of sp³-hybridized carbons (Fsp3) is 0.545. The van der Waals surface area contributed by atoms with Crippen molar-refractivity contribution in [1.82, 2.24) is 25.1 Å². The highest BCUT2D eigenvalue weighted by atomic mass is 16.5. The van der Waals surface area contributed by atoms with Crippen LogP contribution in [0.15, 0.2) is 16.9 Å². The number of H-pyrrole nitrogens is 1. The maximum atomic E-state index is 11.4. The molecule has 0 bridgehead atoms. The van der Waals surface area contributed by atoms with Gasteiger partial charge in [0.1, 0.15) is 12.7 Å². The van der Waals surface area contributed by atoms with Crippen molar-refractivity contribution in [3.05, 3.63) is 22.6 Å². The van der Waals surface area contributed by atoms with Gasteiger partial charge in [-0.3, -0.25) is 0 Å². The third-order valence-electron chi connectivity index (χ3n) is 2.89. The van der Waals surface area contributed by atoms with Crippen LogP contribution in [0.4, 0.5) is 0 Å². The van der Waals surface area contributed by atoms with Crippen molar-refractivity contribution in [2.75, 3.05) is 19.7 Å². The predicted molar refractivity (Wildman–Crippen MR) is 66.3 cm³/mol. The molecular weight excluding hydrogens is 250 g/mol. The minimum absolute atomic E-state index is 0.0117. The first-order valence-electron chi connectivity index (χ1n) is 6.16. The van der Waals surface area contributed by atoms with E-state index in [0.29, 0.717) is 18.1 Å². The number of nitrogens with zero attached hydrogens (tertiary/aromatic N) is 3. The number of fused-ring (bicyclic) bond motifs is 1. The molecule has 1 aliphatic heterocycles. The van der Waals surface area contributed by atoms with Crippen molar-refractivity contribution in [3.63, 3.8) is 0 Å². The van der Waals surface area contributed by atoms with Gasteiger partial charge in [0.2, 0.25) is 5.88 Å². The molecule has 2 aromatic rings. The minimum atomic E-state index is -0.385. The molecule has 1 fully saturated rings. The van der Waals surface area contributed by atoms with Crippen LogP contribution in [0.3, 0.4) is 0 Å². The van der Waals surface area contributed by atoms with Crippen LogP contribution in [-0.4, -0.2) is 51.7 Å². The van der Waals surface area contributed by atoms with Crippen molar-refractivity contribution >= 4 is 5.65 Å². The van der Waals surface area contributed by atoms with Gasteiger partial charge in [-0.2, -0.15) is 9.61 Å². The maximum Gasteiger partial charge on any atom is 0.364 e. The topological polar surface area (TPSA) is 93.5 Å². The van der Waals surface area contributed by atoms with Crippen molar-refractivity contribution in [1.29, 1.82) is 0 Å². The highest BCUT2D eigenvalue weighted by Gasteiger charge is 2.19. The van der Waals surface area contributed by atoms with E-state index in [4.69, 9.17) is 9.47 Å². The zero-order chi connectivity index (χ0) is 13.2. The number of rotatable bonds is 3. The summed E-state index contributed by atoms with van der Waals surface area (Å²) >= 11 is 0. The Morgan fingerprint density at radius 2 is 2.42 bits per heavy atom. The summed E-state index contributed by atoms with van der Waals surface area (Å²) in [5, 5.41) is 13.4. The van der Waals surface area contributed by atoms with Crippen molar-refractivity contribution < 1.29 is 9.47 Å². The first-order chi connectivity index (χ1) is 9.22. The largest absolute Gasteiger partial charge is 0.474 e. The maximum absolute atomic E-state index is 11.4. The first kappa shape index (κ1) is 12.1. The third kappa shape index (κ3) is 2.59. The molecule has 2 N–H and O–H groups in total. The molecule has 19 heavy (non-hydrogen) atoms. The van der Waals surface area contributed by atoms with Crippen LogP contribution in [0.25, 0.3) is 5.65 Å². The minimum Gasteiger partial charge on any atom is -0.474 e. The molecule has 2 atom stereocenters. The summed E-state index contributed by atoms with van der Waals surface area (Å²) in [6.07, 6.45) is 0.164. The lowest BCUT2D eigenvalue weighted by Crippen LogP contribution is -2.45. The van der Waals surface area contributed by atoms with Crippen molar-refractivity contribution in [2.24, 2.45) is 0 Å². The van der Waals surface area contributed by atoms with Crippen LogP contribution in [0.2, 0.25) is 0 Å². The number of nitrogens with one attached hydrogen (secondary N) is 2. The Hall–Kier alpha value is -1.93. The fourth-order valence-corrected chi connectivity index (χ4v) is 2.01. The Balaban J connectivity index is 1.67. The molecule has 3 heterocycles. The van der Waals surface area contributed by atoms with Gasteiger partial charge in [0, 0.05) is 19.2 Å². The van der Waals surface area contributed by atoms with Gasteiger partial charge in [-0.15, -0.1) is 5.10 Å². The molecule has 0 amide bonds. The van der Waals surface area contributed by atoms with Crippen LogP contribution in [0.5, 0.6) is 5.88 Å². The molecule has 3 rings (SSSR count). The molecular formula is C11H15N5O3. The van der Waals surface area contributed by atoms with E-state index in [1.165, 1.54) is 0 Å². The van der Waals surface area contributed by atoms with Crippen LogP contribution in [-0.2, 0) is 4.74 Å². The average molecular weight is 265 g/mol. The van der Waals surface area contributed by atoms with E-state index in [2.05, 4.69) is 20.6 Å². The van der Waals surface area contributed by atoms with E-state index >= 15 is 0 Å². The summed E-state index contributed by atoms with van der Waals surface area (Å²) in [4.78, 5) is 11.4. The van der Waals surface area contributed by atoms with Crippen LogP contribution >= 0.6 is 0 Å². The SMILES string of the molecule is CC1CNCC(COc2ccc3n[nH]c(=O)n3n2)O1. The average Bonchev–Trinajstić information content (AvgIpc) is 2.78. The summed E-state index contributed by atoms with van der Waals surface area (Å²) in [6, 6.07) is 3.35. The Morgan fingerprint density at radius 3 is 3.26 bits per heavy atom. The number of aromatic amines is 1. The Morgan fingerprint density at radius 1 is 1.53 bits per heavy atom. The van der Waals surface area contributed by atoms with Gasteiger partial charge in [0.05, 0.1) is 6.10 Å². The Bertz CT molecular complexity index is 622. The summed E-state index contributed by atoms with van der Waals surface area (Å²) in [5.41, 5.74) is 0.0752. The lowest BCUT2D eigenvalue weighted by atomic mass is 10.2. The van der Waals surface area contributed by atoms with E-state index in [1.54, 1.807) is 12.1 Å². The molecule has 8 heteroatoms. The van der Waals surface area contributed by atoms with Gasteiger partial charge in [-0.25, -0.2) is 9.89 Å². The molecule has 2 unspecified atom stereocenters. The molecule has 0 saturated carbocycles. The zero-order valence-corrected chi connectivity index (χ0v) is 10.5. The van der Waals surface area contributed by atoms with E-state index in [-0.39, 0.29) is 17.9 Å². The lowest BCUT2D eigenvalue weighted by Gasteiger charge is -2.28. The van der Waals surface area contributed by atoms with Gasteiger partial charge in [0.25, 0.3) is 0 Å². The standard InChI is InChI=1S/C11H15N5O3/c1-7-4-12-5-8(19-7)6-18-10-3-2-9-13-14-11(17)16(9)15-10/h2-3,7-8,12H,4-6H2,1H3,(H,14,17). The van der Waals surface area contributed by atoms with Gasteiger partial charge >= 0.3 is 5.69 Å². The molecule has 8 nitrogen and oxygen atoms in total. The molecule has 0 aliphatic carbocycles. The lowest BCUT2D eigenvalue weighted by molar-refractivity contribution is -0.0478. The fourth-order valence-electron chi connectivity index (χ4n) is 2.01. The monoisotopic (exact) mass is 265 g/mol. The van der Waals surface area contributed by atoms with Crippen LogP contribution < -0.4 is 15.7 Å². The first-order valence-corrected chi connectivity index (χ1v) is 6.16. The van der Waals surface area contributed by atoms with E-state index in [0.717, 1.165) is 17.6 Å². The summed E-state index contributed by atoms with van der Waals surface area (Å²) in [6.45, 7) is 4.00. The second kappa shape index (κ2) is 4.98. The Kier molecular flexibility index (Phi) is 3.18.